The Bertz CT molecular complexity index is 2490. The smallest absolute Gasteiger partial charge is 0.329 e. The second kappa shape index (κ2) is 9.55. The van der Waals surface area contributed by atoms with Crippen molar-refractivity contribution in [1.29, 1.82) is 0 Å². The fourth-order valence-electron chi connectivity index (χ4n) is 9.23. The molecule has 2 nitrogen and oxygen atoms in total. The van der Waals surface area contributed by atoms with Crippen LogP contribution in [0.1, 0.15) is 79.0 Å². The van der Waals surface area contributed by atoms with Crippen LogP contribution < -0.4 is 36.9 Å². The molecule has 4 heterocycles. The number of fused-ring (bicyclic) bond motifs is 11. The molecule has 0 unspecified atom stereocenters. The number of anilines is 2. The standard InChI is InChI=1S/C46H43B2NO/c1-44(2,3)27-15-17-31-33-19-21-39-40-42(33)49-41-34(32-18-16-28(45(4,5)6)24-37(32)48(49)36(31)23-27)22-29(46(7,8)9)25-38(41)47(40)35-20-14-26-12-10-11-13-30(26)43(35)50-39/h10-25H,1-9H3. The first-order valence-corrected chi connectivity index (χ1v) is 18.3. The number of hydrogen-bond acceptors (Lipinski definition) is 2. The van der Waals surface area contributed by atoms with Gasteiger partial charge in [-0.2, -0.15) is 0 Å². The minimum atomic E-state index is -0.0215. The fourth-order valence-corrected chi connectivity index (χ4v) is 9.23. The molecule has 0 spiro atoms. The highest BCUT2D eigenvalue weighted by atomic mass is 16.5. The van der Waals surface area contributed by atoms with Gasteiger partial charge in [-0.1, -0.05) is 141 Å². The lowest BCUT2D eigenvalue weighted by Gasteiger charge is -2.50. The molecule has 10 rings (SSSR count). The van der Waals surface area contributed by atoms with Crippen molar-refractivity contribution in [2.75, 3.05) is 4.81 Å². The van der Waals surface area contributed by atoms with Gasteiger partial charge in [0.2, 0.25) is 0 Å². The molecule has 0 amide bonds. The molecule has 0 bridgehead atoms. The Morgan fingerprint density at radius 1 is 0.500 bits per heavy atom. The van der Waals surface area contributed by atoms with Crippen molar-refractivity contribution in [2.45, 2.75) is 78.6 Å². The lowest BCUT2D eigenvalue weighted by Crippen LogP contribution is -2.68. The quantitative estimate of drug-likeness (QED) is 0.153. The summed E-state index contributed by atoms with van der Waals surface area (Å²) in [6, 6.07) is 37.6. The topological polar surface area (TPSA) is 12.5 Å². The van der Waals surface area contributed by atoms with E-state index in [1.807, 2.05) is 0 Å². The van der Waals surface area contributed by atoms with Gasteiger partial charge in [0.15, 0.2) is 0 Å². The monoisotopic (exact) mass is 647 g/mol. The van der Waals surface area contributed by atoms with Crippen LogP contribution in [0.3, 0.4) is 0 Å². The lowest BCUT2D eigenvalue weighted by atomic mass is 9.31. The predicted molar refractivity (Wildman–Crippen MR) is 216 cm³/mol. The number of ether oxygens (including phenoxy) is 1. The Hall–Kier alpha value is -4.69. The van der Waals surface area contributed by atoms with E-state index in [1.165, 1.54) is 88.4 Å². The van der Waals surface area contributed by atoms with E-state index in [-0.39, 0.29) is 29.8 Å². The van der Waals surface area contributed by atoms with Crippen LogP contribution in [0, 0.1) is 0 Å². The SMILES string of the molecule is CC(C)(C)c1ccc2c(c1)B1c3cc(C(C)(C)C)ccc3-c3ccc4c5c3N1c1c(cc(C(C)(C)C)cc1-2)B5c1ccc2ccccc2c1O4. The van der Waals surface area contributed by atoms with Crippen LogP contribution >= 0.6 is 0 Å². The first-order valence-electron chi connectivity index (χ1n) is 18.3. The van der Waals surface area contributed by atoms with Crippen molar-refractivity contribution in [1.82, 2.24) is 0 Å². The van der Waals surface area contributed by atoms with Gasteiger partial charge in [0, 0.05) is 27.9 Å². The molecule has 0 aromatic heterocycles. The van der Waals surface area contributed by atoms with Crippen LogP contribution in [-0.4, -0.2) is 13.6 Å². The summed E-state index contributed by atoms with van der Waals surface area (Å²) < 4.78 is 7.06. The van der Waals surface area contributed by atoms with E-state index in [0.717, 1.165) is 11.5 Å². The van der Waals surface area contributed by atoms with Crippen LogP contribution in [0.2, 0.25) is 0 Å². The Labute approximate surface area is 297 Å². The van der Waals surface area contributed by atoms with Crippen LogP contribution in [0.15, 0.2) is 97.1 Å². The molecule has 6 aromatic carbocycles. The van der Waals surface area contributed by atoms with E-state index in [9.17, 15) is 0 Å². The van der Waals surface area contributed by atoms with Crippen molar-refractivity contribution in [3.63, 3.8) is 0 Å². The van der Waals surface area contributed by atoms with Gasteiger partial charge in [-0.05, 0) is 95.0 Å². The molecule has 4 aliphatic rings. The van der Waals surface area contributed by atoms with Crippen LogP contribution in [0.5, 0.6) is 11.5 Å². The van der Waals surface area contributed by atoms with Crippen molar-refractivity contribution in [3.8, 4) is 33.8 Å². The van der Waals surface area contributed by atoms with E-state index in [2.05, 4.69) is 164 Å². The maximum atomic E-state index is 7.06. The lowest BCUT2D eigenvalue weighted by molar-refractivity contribution is 0.493. The maximum absolute atomic E-state index is 7.06. The molecule has 6 aromatic rings. The zero-order valence-electron chi connectivity index (χ0n) is 30.7. The molecule has 0 atom stereocenters. The van der Waals surface area contributed by atoms with E-state index in [4.69, 9.17) is 4.74 Å². The van der Waals surface area contributed by atoms with Gasteiger partial charge in [-0.15, -0.1) is 0 Å². The third-order valence-corrected chi connectivity index (χ3v) is 12.0. The number of benzene rings is 6. The fraction of sp³-hybridized carbons (Fsp3) is 0.261. The average Bonchev–Trinajstić information content (AvgIpc) is 3.07. The summed E-state index contributed by atoms with van der Waals surface area (Å²) >= 11 is 0. The Morgan fingerprint density at radius 3 is 1.76 bits per heavy atom. The number of hydrogen-bond donors (Lipinski definition) is 0. The Balaban J connectivity index is 1.39. The minimum Gasteiger partial charge on any atom is -0.458 e. The van der Waals surface area contributed by atoms with Crippen molar-refractivity contribution >= 4 is 63.0 Å². The zero-order chi connectivity index (χ0) is 34.6. The molecule has 0 saturated carbocycles. The molecule has 0 saturated heterocycles. The molecular weight excluding hydrogens is 604 g/mol. The zero-order valence-corrected chi connectivity index (χ0v) is 30.7. The van der Waals surface area contributed by atoms with Gasteiger partial charge in [0.05, 0.1) is 0 Å². The van der Waals surface area contributed by atoms with Gasteiger partial charge >= 0.3 is 6.85 Å². The third kappa shape index (κ3) is 3.94. The van der Waals surface area contributed by atoms with E-state index < -0.39 is 0 Å². The Kier molecular flexibility index (Phi) is 5.76. The van der Waals surface area contributed by atoms with Gasteiger partial charge < -0.3 is 9.55 Å². The summed E-state index contributed by atoms with van der Waals surface area (Å²) in [5.74, 6) is 1.98. The molecule has 0 radical (unpaired) electrons. The molecule has 50 heavy (non-hydrogen) atoms. The second-order valence-electron chi connectivity index (χ2n) is 18.2. The molecule has 0 aliphatic carbocycles. The number of rotatable bonds is 0. The summed E-state index contributed by atoms with van der Waals surface area (Å²) in [4.78, 5) is 2.74. The second-order valence-corrected chi connectivity index (χ2v) is 18.2. The van der Waals surface area contributed by atoms with Crippen LogP contribution in [-0.2, 0) is 16.2 Å². The highest BCUT2D eigenvalue weighted by Gasteiger charge is 2.52. The van der Waals surface area contributed by atoms with E-state index >= 15 is 0 Å². The third-order valence-electron chi connectivity index (χ3n) is 12.0. The summed E-state index contributed by atoms with van der Waals surface area (Å²) in [7, 11) is 0. The molecule has 4 aliphatic heterocycles. The maximum Gasteiger partial charge on any atom is 0.329 e. The highest BCUT2D eigenvalue weighted by Crippen LogP contribution is 2.51. The summed E-state index contributed by atoms with van der Waals surface area (Å²) in [6.07, 6.45) is 0. The van der Waals surface area contributed by atoms with Gasteiger partial charge in [0.1, 0.15) is 11.5 Å². The van der Waals surface area contributed by atoms with Crippen molar-refractivity contribution in [3.05, 3.63) is 114 Å². The minimum absolute atomic E-state index is 0.0215. The normalized spacial score (nSPS) is 14.9. The van der Waals surface area contributed by atoms with Gasteiger partial charge in [-0.25, -0.2) is 0 Å². The van der Waals surface area contributed by atoms with Crippen molar-refractivity contribution in [2.24, 2.45) is 0 Å². The molecular formula is C46H43B2NO. The average molecular weight is 647 g/mol. The van der Waals surface area contributed by atoms with Crippen LogP contribution in [0.4, 0.5) is 11.4 Å². The first-order chi connectivity index (χ1) is 23.7. The molecule has 244 valence electrons. The van der Waals surface area contributed by atoms with Crippen molar-refractivity contribution < 1.29 is 4.74 Å². The Morgan fingerprint density at radius 2 is 1.10 bits per heavy atom. The molecule has 4 heteroatoms. The molecule has 0 N–H and O–H groups in total. The van der Waals surface area contributed by atoms with Gasteiger partial charge in [0.25, 0.3) is 6.71 Å². The largest absolute Gasteiger partial charge is 0.458 e. The highest BCUT2D eigenvalue weighted by molar-refractivity contribution is 7.03. The van der Waals surface area contributed by atoms with Crippen LogP contribution in [0.25, 0.3) is 33.0 Å². The molecule has 0 fully saturated rings. The first kappa shape index (κ1) is 30.2. The van der Waals surface area contributed by atoms with E-state index in [1.54, 1.807) is 0 Å². The summed E-state index contributed by atoms with van der Waals surface area (Å²) in [6.45, 7) is 21.2. The van der Waals surface area contributed by atoms with Gasteiger partial charge in [-0.3, -0.25) is 0 Å². The van der Waals surface area contributed by atoms with E-state index in [0.29, 0.717) is 0 Å². The number of nitrogens with zero attached hydrogens (tertiary/aromatic N) is 1. The summed E-state index contributed by atoms with van der Waals surface area (Å²) in [5, 5.41) is 2.39. The predicted octanol–water partition coefficient (Wildman–Crippen LogP) is 8.57. The summed E-state index contributed by atoms with van der Waals surface area (Å²) in [5.41, 5.74) is 19.0.